The number of hydrogen-bond donors (Lipinski definition) is 11. The van der Waals surface area contributed by atoms with Gasteiger partial charge in [0.15, 0.2) is 18.9 Å². The first-order valence-electron chi connectivity index (χ1n) is 43.0. The first kappa shape index (κ1) is 102. The van der Waals surface area contributed by atoms with Crippen LogP contribution in [0.3, 0.4) is 0 Å². The van der Waals surface area contributed by atoms with Gasteiger partial charge < -0.3 is 161 Å². The molecular formula is C80H128N14O33. The third kappa shape index (κ3) is 33.5. The van der Waals surface area contributed by atoms with Gasteiger partial charge in [0, 0.05) is 60.1 Å². The number of rotatable bonds is 68. The lowest BCUT2D eigenvalue weighted by Crippen LogP contribution is -2.66. The molecule has 5 amide bonds. The van der Waals surface area contributed by atoms with E-state index in [1.54, 1.807) is 32.6 Å². The number of fused-ring (bicyclic) bond motifs is 6. The summed E-state index contributed by atoms with van der Waals surface area (Å²) in [4.78, 5) is 61.4. The first-order valence-corrected chi connectivity index (χ1v) is 43.0. The molecule has 6 fully saturated rings. The molecule has 9 heterocycles. The molecule has 0 saturated carbocycles. The molecule has 3 aromatic heterocycles. The number of nitrogens with zero attached hydrogens (tertiary/aromatic N) is 9. The van der Waals surface area contributed by atoms with Gasteiger partial charge in [0.2, 0.25) is 23.6 Å². The van der Waals surface area contributed by atoms with E-state index in [9.17, 15) is 54.6 Å². The number of hydrogen-bond acceptors (Lipinski definition) is 39. The molecule has 6 bridgehead atoms. The number of benzene rings is 1. The molecule has 15 atom stereocenters. The number of unbranched alkanes of at least 4 members (excludes halogenated alkanes) is 2. The van der Waals surface area contributed by atoms with Gasteiger partial charge in [0.1, 0.15) is 101 Å². The van der Waals surface area contributed by atoms with Crippen LogP contribution >= 0.6 is 0 Å². The van der Waals surface area contributed by atoms with Crippen molar-refractivity contribution in [1.82, 2.24) is 71.6 Å². The van der Waals surface area contributed by atoms with Crippen molar-refractivity contribution < 1.29 is 159 Å². The van der Waals surface area contributed by atoms with Crippen molar-refractivity contribution in [3.8, 4) is 0 Å². The fourth-order valence-electron chi connectivity index (χ4n) is 14.5. The maximum Gasteiger partial charge on any atom is 0.407 e. The Bertz CT molecular complexity index is 3680. The van der Waals surface area contributed by atoms with Gasteiger partial charge in [0.25, 0.3) is 0 Å². The number of alkyl carbamates (subject to hydrolysis) is 1. The zero-order valence-electron chi connectivity index (χ0n) is 72.4. The molecule has 6 saturated heterocycles. The molecule has 716 valence electrons. The van der Waals surface area contributed by atoms with Crippen LogP contribution in [-0.2, 0) is 169 Å². The van der Waals surface area contributed by atoms with E-state index in [4.69, 9.17) is 104 Å². The molecule has 47 nitrogen and oxygen atoms in total. The summed E-state index contributed by atoms with van der Waals surface area (Å²) >= 11 is 0. The maximum atomic E-state index is 14.2. The molecule has 1 aromatic carbocycles. The van der Waals surface area contributed by atoms with Crippen LogP contribution in [0.25, 0.3) is 0 Å². The minimum absolute atomic E-state index is 0.00379. The van der Waals surface area contributed by atoms with Gasteiger partial charge in [-0.15, -0.1) is 15.3 Å². The smallest absolute Gasteiger partial charge is 0.407 e. The largest absolute Gasteiger partial charge is 0.445 e. The van der Waals surface area contributed by atoms with Crippen molar-refractivity contribution in [3.05, 3.63) is 71.6 Å². The van der Waals surface area contributed by atoms with Gasteiger partial charge in [-0.05, 0) is 31.2 Å². The Labute approximate surface area is 735 Å². The Morgan fingerprint density at radius 2 is 0.756 bits per heavy atom. The topological polar surface area (TPSA) is 562 Å². The van der Waals surface area contributed by atoms with Crippen LogP contribution in [0.5, 0.6) is 0 Å². The summed E-state index contributed by atoms with van der Waals surface area (Å²) in [6.45, 7) is 11.4. The highest BCUT2D eigenvalue weighted by molar-refractivity contribution is 5.77. The summed E-state index contributed by atoms with van der Waals surface area (Å²) in [5.41, 5.74) is -2.75. The van der Waals surface area contributed by atoms with Crippen LogP contribution in [0.1, 0.15) is 81.9 Å². The van der Waals surface area contributed by atoms with Crippen molar-refractivity contribution in [1.29, 1.82) is 0 Å². The van der Waals surface area contributed by atoms with E-state index in [0.717, 1.165) is 5.56 Å². The first-order chi connectivity index (χ1) is 61.7. The molecule has 0 aliphatic carbocycles. The number of aliphatic hydroxyl groups excluding tert-OH is 6. The Hall–Kier alpha value is -7.29. The number of carbonyl (C=O) groups is 5. The van der Waals surface area contributed by atoms with Gasteiger partial charge in [-0.25, -0.2) is 14.2 Å². The summed E-state index contributed by atoms with van der Waals surface area (Å²) < 4.78 is 132. The Morgan fingerprint density at radius 1 is 0.409 bits per heavy atom. The van der Waals surface area contributed by atoms with Crippen LogP contribution in [0.4, 0.5) is 4.79 Å². The van der Waals surface area contributed by atoms with Gasteiger partial charge in [-0.2, -0.15) is 0 Å². The molecule has 10 rings (SSSR count). The van der Waals surface area contributed by atoms with Crippen molar-refractivity contribution in [3.63, 3.8) is 0 Å². The van der Waals surface area contributed by atoms with Crippen molar-refractivity contribution >= 4 is 29.7 Å². The van der Waals surface area contributed by atoms with Gasteiger partial charge in [-0.1, -0.05) is 52.4 Å². The lowest BCUT2D eigenvalue weighted by atomic mass is 9.88. The molecular weight excluding hydrogens is 1680 g/mol. The average Bonchev–Trinajstić information content (AvgIpc) is 1.62. The van der Waals surface area contributed by atoms with Crippen molar-refractivity contribution in [2.75, 3.05) is 205 Å². The summed E-state index contributed by atoms with van der Waals surface area (Å²) in [7, 11) is 0. The fourth-order valence-corrected chi connectivity index (χ4v) is 14.5. The number of aromatic nitrogens is 9. The van der Waals surface area contributed by atoms with Gasteiger partial charge in [-0.3, -0.25) is 23.9 Å². The van der Waals surface area contributed by atoms with E-state index in [1.807, 2.05) is 30.3 Å². The molecule has 0 spiro atoms. The molecule has 0 radical (unpaired) electrons. The average molecular weight is 1810 g/mol. The highest BCUT2D eigenvalue weighted by atomic mass is 16.8. The standard InChI is InChI=1S/C80H128N14O33/c1-56(95)82-64-67(99)70(102)78(53-122-73(64)125-78)50-115-37-34-112-27-24-107-21-11-20-106-19-10-16-92-40-60(86-89-92)44-118-47-77(85-63(98)14-8-5-9-15-81-76(105)121-43-59-12-6-4-7-13-59,48-119-45-61-41-93(90-87-61)17-22-108-25-28-110-30-32-113-35-38-116-51-79-54-123-74(126-79)65(83-57(2)96)68(100)71(79)103)49-120-46-62-42-94(91-88-62)18-23-109-26-29-111-31-33-114-36-39-117-52-80-55-124-75(127-80)66(84-58(3)97)69(101)72(80)104/h4,6-7,12-13,40-42,64-75,99-104H,5,8-11,14-39,43-55H2,1-3H3,(H,81,105)(H,82,95)(H,83,96)(H,84,97)(H,85,98)/t64-,65-,66-,67-,68-,69-,70-,71-,72-,73+,74+,75+,78+,79+,80+/m1/s1. The number of ether oxygens (including phenoxy) is 22. The number of nitrogens with one attached hydrogen (secondary N) is 5. The summed E-state index contributed by atoms with van der Waals surface area (Å²) in [5, 5.41) is 104. The maximum absolute atomic E-state index is 14.2. The van der Waals surface area contributed by atoms with Crippen LogP contribution in [0.2, 0.25) is 0 Å². The minimum atomic E-state index is -1.35. The third-order valence-corrected chi connectivity index (χ3v) is 21.0. The summed E-state index contributed by atoms with van der Waals surface area (Å²) in [6, 6.07) is 6.63. The van der Waals surface area contributed by atoms with E-state index < -0.39 is 114 Å². The number of carbonyl (C=O) groups excluding carboxylic acids is 5. The zero-order chi connectivity index (χ0) is 90.0. The van der Waals surface area contributed by atoms with Gasteiger partial charge in [0.05, 0.1) is 230 Å². The van der Waals surface area contributed by atoms with Crippen LogP contribution in [-0.4, -0.2) is 406 Å². The van der Waals surface area contributed by atoms with E-state index >= 15 is 0 Å². The lowest BCUT2D eigenvalue weighted by molar-refractivity contribution is -0.238. The van der Waals surface area contributed by atoms with Crippen LogP contribution in [0.15, 0.2) is 48.9 Å². The predicted octanol–water partition coefficient (Wildman–Crippen LogP) is -4.21. The van der Waals surface area contributed by atoms with Crippen LogP contribution in [0, 0.1) is 0 Å². The molecule has 0 unspecified atom stereocenters. The molecule has 127 heavy (non-hydrogen) atoms. The van der Waals surface area contributed by atoms with E-state index in [0.29, 0.717) is 161 Å². The number of amides is 5. The third-order valence-electron chi connectivity index (χ3n) is 21.0. The summed E-state index contributed by atoms with van der Waals surface area (Å²) in [5.74, 6) is -1.48. The normalized spacial score (nSPS) is 25.4. The Balaban J connectivity index is 0.642. The fraction of sp³-hybridized carbons (Fsp3) is 0.787. The van der Waals surface area contributed by atoms with E-state index in [2.05, 4.69) is 57.5 Å². The SMILES string of the molecule is CC(=O)N[C@H]1[C@H]2OC[C@](COCCOCCOCCCOCCCn3cc(COCC(COCc4cn(CCOCCOCCOCCOC[C@@]56CO[C@@H](O5)[C@H](NC(C)=O)[C@@H](O)[C@H]6O)nn4)(COCc4cn(CCOCCOCCOCCOC[C@@]56CO[C@@H](O5)[C@H](NC(C)=O)[C@@H](O)[C@H]6O)nn4)NC(=O)CCCCCNC(=O)OCc4ccccc4)nn3)(O2)[C@H](O)[C@@H]1O. The van der Waals surface area contributed by atoms with Gasteiger partial charge >= 0.3 is 6.09 Å². The molecule has 11 N–H and O–H groups in total. The minimum Gasteiger partial charge on any atom is -0.445 e. The van der Waals surface area contributed by atoms with Crippen molar-refractivity contribution in [2.24, 2.45) is 0 Å². The Morgan fingerprint density at radius 3 is 1.14 bits per heavy atom. The molecule has 47 heteroatoms. The monoisotopic (exact) mass is 1810 g/mol. The van der Waals surface area contributed by atoms with Crippen LogP contribution < -0.4 is 26.6 Å². The van der Waals surface area contributed by atoms with E-state index in [-0.39, 0.29) is 157 Å². The number of aryl methyl sites for hydroxylation is 1. The summed E-state index contributed by atoms with van der Waals surface area (Å²) in [6.07, 6.45) is -2.88. The Kier molecular flexibility index (Phi) is 43.7. The highest BCUT2D eigenvalue weighted by Gasteiger charge is 2.62. The van der Waals surface area contributed by atoms with E-state index in [1.165, 1.54) is 20.8 Å². The molecule has 6 aliphatic heterocycles. The second kappa shape index (κ2) is 54.5. The van der Waals surface area contributed by atoms with Crippen molar-refractivity contribution in [2.45, 2.75) is 201 Å². The quantitative estimate of drug-likeness (QED) is 0.0187. The second-order valence-electron chi connectivity index (χ2n) is 31.5. The second-order valence-corrected chi connectivity index (χ2v) is 31.5. The molecule has 4 aromatic rings. The lowest BCUT2D eigenvalue weighted by Gasteiger charge is -2.42. The zero-order valence-corrected chi connectivity index (χ0v) is 72.4. The number of aliphatic hydroxyl groups is 6. The predicted molar refractivity (Wildman–Crippen MR) is 432 cm³/mol. The highest BCUT2D eigenvalue weighted by Crippen LogP contribution is 2.40. The molecule has 6 aliphatic rings.